The summed E-state index contributed by atoms with van der Waals surface area (Å²) < 4.78 is 0. The fraction of sp³-hybridized carbons (Fsp3) is 0.308. The minimum Gasteiger partial charge on any atom is -0.382 e. The summed E-state index contributed by atoms with van der Waals surface area (Å²) in [5.74, 6) is -1.59. The summed E-state index contributed by atoms with van der Waals surface area (Å²) in [5, 5.41) is 23.3. The second kappa shape index (κ2) is 10.2. The van der Waals surface area contributed by atoms with Crippen molar-refractivity contribution in [1.82, 2.24) is 5.32 Å². The number of ketones is 1. The van der Waals surface area contributed by atoms with Crippen LogP contribution in [0.5, 0.6) is 0 Å². The van der Waals surface area contributed by atoms with E-state index in [0.29, 0.717) is 12.8 Å². The van der Waals surface area contributed by atoms with Crippen LogP contribution in [0.3, 0.4) is 0 Å². The maximum atomic E-state index is 12.7. The van der Waals surface area contributed by atoms with Gasteiger partial charge in [0.05, 0.1) is 6.54 Å². The van der Waals surface area contributed by atoms with Gasteiger partial charge in [-0.15, -0.1) is 11.3 Å². The molecule has 2 aromatic carbocycles. The zero-order valence-corrected chi connectivity index (χ0v) is 18.6. The summed E-state index contributed by atoms with van der Waals surface area (Å²) in [6.45, 7) is 0.243. The fourth-order valence-corrected chi connectivity index (χ4v) is 5.16. The minimum atomic E-state index is -1.77. The summed E-state index contributed by atoms with van der Waals surface area (Å²) in [6, 6.07) is 22.0. The Morgan fingerprint density at radius 2 is 1.59 bits per heavy atom. The molecule has 3 aromatic rings. The third kappa shape index (κ3) is 5.33. The summed E-state index contributed by atoms with van der Waals surface area (Å²) >= 11 is 1.59. The van der Waals surface area contributed by atoms with Gasteiger partial charge in [0, 0.05) is 22.1 Å². The summed E-state index contributed by atoms with van der Waals surface area (Å²) in [7, 11) is 0. The summed E-state index contributed by atoms with van der Waals surface area (Å²) in [6.07, 6.45) is -0.781. The van der Waals surface area contributed by atoms with Crippen LogP contribution in [0.1, 0.15) is 32.9 Å². The van der Waals surface area contributed by atoms with E-state index in [0.717, 1.165) is 23.3 Å². The molecule has 4 rings (SSSR count). The molecule has 0 saturated heterocycles. The molecule has 0 aliphatic heterocycles. The summed E-state index contributed by atoms with van der Waals surface area (Å²) in [4.78, 5) is 27.2. The largest absolute Gasteiger partial charge is 0.382 e. The monoisotopic (exact) mass is 449 g/mol. The van der Waals surface area contributed by atoms with E-state index in [9.17, 15) is 19.8 Å². The molecule has 0 bridgehead atoms. The van der Waals surface area contributed by atoms with Crippen LogP contribution in [-0.4, -0.2) is 34.1 Å². The van der Waals surface area contributed by atoms with E-state index in [1.54, 1.807) is 11.3 Å². The van der Waals surface area contributed by atoms with Crippen molar-refractivity contribution < 1.29 is 19.8 Å². The first-order valence-electron chi connectivity index (χ1n) is 10.9. The molecule has 1 aromatic heterocycles. The number of hydrogen-bond donors (Lipinski definition) is 3. The number of nitrogens with one attached hydrogen (secondary N) is 1. The van der Waals surface area contributed by atoms with Crippen LogP contribution in [-0.2, 0) is 35.4 Å². The van der Waals surface area contributed by atoms with Crippen LogP contribution in [0, 0.1) is 5.92 Å². The van der Waals surface area contributed by atoms with Gasteiger partial charge < -0.3 is 15.5 Å². The van der Waals surface area contributed by atoms with E-state index in [1.807, 2.05) is 54.6 Å². The highest BCUT2D eigenvalue weighted by Crippen LogP contribution is 2.27. The molecule has 1 aliphatic rings. The minimum absolute atomic E-state index is 0.243. The molecule has 166 valence electrons. The second-order valence-electron chi connectivity index (χ2n) is 8.25. The molecule has 0 fully saturated rings. The predicted molar refractivity (Wildman–Crippen MR) is 124 cm³/mol. The van der Waals surface area contributed by atoms with Gasteiger partial charge in [0.2, 0.25) is 0 Å². The number of fused-ring (bicyclic) bond motifs is 1. The van der Waals surface area contributed by atoms with Gasteiger partial charge in [-0.2, -0.15) is 0 Å². The molecular weight excluding hydrogens is 422 g/mol. The lowest BCUT2D eigenvalue weighted by molar-refractivity contribution is -0.147. The lowest BCUT2D eigenvalue weighted by Gasteiger charge is -2.26. The average molecular weight is 450 g/mol. The molecule has 1 aliphatic carbocycles. The molecule has 0 saturated carbocycles. The number of amides is 1. The van der Waals surface area contributed by atoms with Gasteiger partial charge in [0.1, 0.15) is 6.10 Å². The van der Waals surface area contributed by atoms with E-state index in [1.165, 1.54) is 16.0 Å². The molecule has 1 unspecified atom stereocenters. The number of carbonyl (C=O) groups is 2. The Hall–Kier alpha value is -2.80. The quantitative estimate of drug-likeness (QED) is 0.493. The van der Waals surface area contributed by atoms with E-state index < -0.39 is 23.9 Å². The Morgan fingerprint density at radius 1 is 0.906 bits per heavy atom. The highest BCUT2D eigenvalue weighted by atomic mass is 32.1. The van der Waals surface area contributed by atoms with Crippen LogP contribution < -0.4 is 5.32 Å². The van der Waals surface area contributed by atoms with Gasteiger partial charge in [-0.05, 0) is 48.1 Å². The number of aliphatic hydroxyl groups excluding tert-OH is 2. The van der Waals surface area contributed by atoms with E-state index >= 15 is 0 Å². The molecule has 32 heavy (non-hydrogen) atoms. The molecule has 1 amide bonds. The topological polar surface area (TPSA) is 86.6 Å². The maximum absolute atomic E-state index is 12.7. The number of Topliss-reactive ketones (excluding diaryl/α,β-unsaturated/α-hetero) is 1. The van der Waals surface area contributed by atoms with Gasteiger partial charge in [0.15, 0.2) is 11.9 Å². The van der Waals surface area contributed by atoms with Crippen LogP contribution in [0.25, 0.3) is 0 Å². The lowest BCUT2D eigenvalue weighted by atomic mass is 9.80. The van der Waals surface area contributed by atoms with Crippen molar-refractivity contribution in [2.24, 2.45) is 5.92 Å². The molecule has 5 nitrogen and oxygen atoms in total. The number of benzene rings is 2. The molecule has 6 heteroatoms. The van der Waals surface area contributed by atoms with Crippen molar-refractivity contribution in [2.45, 2.75) is 44.4 Å². The Kier molecular flexibility index (Phi) is 7.15. The predicted octanol–water partition coefficient (Wildman–Crippen LogP) is 3.05. The first-order chi connectivity index (χ1) is 15.5. The second-order valence-corrected chi connectivity index (χ2v) is 9.50. The molecule has 3 atom stereocenters. The van der Waals surface area contributed by atoms with Gasteiger partial charge in [-0.1, -0.05) is 54.6 Å². The van der Waals surface area contributed by atoms with Crippen molar-refractivity contribution in [3.63, 3.8) is 0 Å². The molecule has 0 spiro atoms. The van der Waals surface area contributed by atoms with E-state index in [4.69, 9.17) is 0 Å². The zero-order valence-electron chi connectivity index (χ0n) is 17.7. The van der Waals surface area contributed by atoms with Crippen LogP contribution in [0.15, 0.2) is 66.7 Å². The molecule has 1 heterocycles. The zero-order chi connectivity index (χ0) is 22.5. The van der Waals surface area contributed by atoms with Crippen LogP contribution in [0.4, 0.5) is 0 Å². The fourth-order valence-electron chi connectivity index (χ4n) is 4.17. The van der Waals surface area contributed by atoms with Crippen molar-refractivity contribution in [3.05, 3.63) is 93.2 Å². The van der Waals surface area contributed by atoms with Crippen molar-refractivity contribution in [1.29, 1.82) is 0 Å². The Labute approximate surface area is 191 Å². The Morgan fingerprint density at radius 3 is 2.38 bits per heavy atom. The third-order valence-electron chi connectivity index (χ3n) is 5.98. The van der Waals surface area contributed by atoms with Gasteiger partial charge in [-0.3, -0.25) is 9.59 Å². The van der Waals surface area contributed by atoms with Crippen molar-refractivity contribution in [3.8, 4) is 0 Å². The van der Waals surface area contributed by atoms with Gasteiger partial charge >= 0.3 is 0 Å². The first-order valence-corrected chi connectivity index (χ1v) is 11.7. The summed E-state index contributed by atoms with van der Waals surface area (Å²) in [5.41, 5.74) is 3.52. The molecule has 0 radical (unpaired) electrons. The van der Waals surface area contributed by atoms with Gasteiger partial charge in [0.25, 0.3) is 5.91 Å². The maximum Gasteiger partial charge on any atom is 0.252 e. The SMILES string of the molecule is O=C(NCc1ccc(Cc2ccccc2)s1)[C@H](O)[C@@H](O)C(=O)C1CCc2ccccc2C1. The van der Waals surface area contributed by atoms with Gasteiger partial charge in [-0.25, -0.2) is 0 Å². The van der Waals surface area contributed by atoms with E-state index in [-0.39, 0.29) is 12.5 Å². The Bertz CT molecular complexity index is 1080. The number of thiophene rings is 1. The van der Waals surface area contributed by atoms with E-state index in [2.05, 4.69) is 17.4 Å². The number of aryl methyl sites for hydroxylation is 1. The standard InChI is InChI=1S/C26H27NO4S/c28-23(20-11-10-18-8-4-5-9-19(18)15-20)24(29)25(30)26(31)27-16-22-13-12-21(32-22)14-17-6-2-1-3-7-17/h1-9,12-13,20,24-25,29-30H,10-11,14-16H2,(H,27,31)/t20?,24-,25+/m0/s1. The number of rotatable bonds is 8. The molecule has 3 N–H and O–H groups in total. The smallest absolute Gasteiger partial charge is 0.252 e. The highest BCUT2D eigenvalue weighted by Gasteiger charge is 2.35. The lowest BCUT2D eigenvalue weighted by Crippen LogP contribution is -2.47. The molecular formula is C26H27NO4S. The van der Waals surface area contributed by atoms with Crippen molar-refractivity contribution >= 4 is 23.0 Å². The highest BCUT2D eigenvalue weighted by molar-refractivity contribution is 7.12. The van der Waals surface area contributed by atoms with Crippen molar-refractivity contribution in [2.75, 3.05) is 0 Å². The Balaban J connectivity index is 1.28. The average Bonchev–Trinajstić information content (AvgIpc) is 3.28. The number of carbonyl (C=O) groups excluding carboxylic acids is 2. The number of aliphatic hydroxyl groups is 2. The normalized spacial score (nSPS) is 17.2. The third-order valence-corrected chi connectivity index (χ3v) is 7.07. The number of hydrogen-bond acceptors (Lipinski definition) is 5. The van der Waals surface area contributed by atoms with Crippen LogP contribution >= 0.6 is 11.3 Å². The first kappa shape index (κ1) is 22.4. The van der Waals surface area contributed by atoms with Crippen LogP contribution in [0.2, 0.25) is 0 Å².